The first-order valence-electron chi connectivity index (χ1n) is 7.36. The molecule has 1 aromatic carbocycles. The van der Waals surface area contributed by atoms with Crippen molar-refractivity contribution in [2.45, 2.75) is 58.1 Å². The van der Waals surface area contributed by atoms with Gasteiger partial charge < -0.3 is 14.3 Å². The van der Waals surface area contributed by atoms with Gasteiger partial charge >= 0.3 is 6.09 Å². The zero-order valence-corrected chi connectivity index (χ0v) is 13.7. The fraction of sp³-hybridized carbons (Fsp3) is 0.529. The Hall–Kier alpha value is -1.88. The van der Waals surface area contributed by atoms with Crippen LogP contribution in [0.3, 0.4) is 0 Å². The predicted octanol–water partition coefficient (Wildman–Crippen LogP) is 3.30. The third kappa shape index (κ3) is 3.30. The Bertz CT molecular complexity index is 548. The van der Waals surface area contributed by atoms with Crippen LogP contribution in [0.15, 0.2) is 30.3 Å². The van der Waals surface area contributed by atoms with Crippen LogP contribution < -0.4 is 0 Å². The molecule has 5 heteroatoms. The van der Waals surface area contributed by atoms with E-state index in [0.717, 1.165) is 11.8 Å². The van der Waals surface area contributed by atoms with Crippen LogP contribution in [-0.2, 0) is 14.3 Å². The average Bonchev–Trinajstić information content (AvgIpc) is 2.68. The van der Waals surface area contributed by atoms with Crippen molar-refractivity contribution in [3.8, 4) is 0 Å². The molecule has 0 aromatic heterocycles. The van der Waals surface area contributed by atoms with Crippen LogP contribution in [0.4, 0.5) is 4.79 Å². The maximum absolute atomic E-state index is 12.5. The molecular weight excluding hydrogens is 282 g/mol. The van der Waals surface area contributed by atoms with E-state index < -0.39 is 29.6 Å². The normalized spacial score (nSPS) is 24.1. The predicted molar refractivity (Wildman–Crippen MR) is 82.3 cm³/mol. The summed E-state index contributed by atoms with van der Waals surface area (Å²) < 4.78 is 11.4. The third-order valence-corrected chi connectivity index (χ3v) is 3.46. The summed E-state index contributed by atoms with van der Waals surface area (Å²) in [7, 11) is 0. The highest BCUT2D eigenvalue weighted by molar-refractivity contribution is 5.76. The lowest BCUT2D eigenvalue weighted by atomic mass is 10.0. The molecule has 1 unspecified atom stereocenters. The molecule has 1 aliphatic heterocycles. The third-order valence-electron chi connectivity index (χ3n) is 3.46. The average molecular weight is 305 g/mol. The van der Waals surface area contributed by atoms with Gasteiger partial charge in [-0.2, -0.15) is 0 Å². The smallest absolute Gasteiger partial charge is 0.413 e. The summed E-state index contributed by atoms with van der Waals surface area (Å²) in [6.07, 6.45) is -0.301. The highest BCUT2D eigenvalue weighted by Gasteiger charge is 2.51. The van der Waals surface area contributed by atoms with Crippen LogP contribution in [0.1, 0.15) is 46.3 Å². The number of hydrogen-bond acceptors (Lipinski definition) is 4. The number of nitrogens with zero attached hydrogens (tertiary/aromatic N) is 1. The molecule has 120 valence electrons. The van der Waals surface area contributed by atoms with Crippen LogP contribution in [0.5, 0.6) is 0 Å². The van der Waals surface area contributed by atoms with E-state index in [4.69, 9.17) is 9.47 Å². The van der Waals surface area contributed by atoms with Crippen LogP contribution >= 0.6 is 0 Å². The van der Waals surface area contributed by atoms with Crippen LogP contribution in [0, 0.1) is 0 Å². The molecule has 0 radical (unpaired) electrons. The van der Waals surface area contributed by atoms with Crippen molar-refractivity contribution < 1.29 is 19.1 Å². The number of aldehydes is 1. The fourth-order valence-electron chi connectivity index (χ4n) is 2.62. The van der Waals surface area contributed by atoms with Crippen LogP contribution in [0.2, 0.25) is 0 Å². The van der Waals surface area contributed by atoms with E-state index in [2.05, 4.69) is 0 Å². The molecule has 0 bridgehead atoms. The minimum atomic E-state index is -0.922. The van der Waals surface area contributed by atoms with Crippen molar-refractivity contribution in [1.82, 2.24) is 4.90 Å². The summed E-state index contributed by atoms with van der Waals surface area (Å²) in [4.78, 5) is 25.5. The van der Waals surface area contributed by atoms with Gasteiger partial charge in [-0.05, 0) is 40.2 Å². The molecule has 0 N–H and O–H groups in total. The van der Waals surface area contributed by atoms with Gasteiger partial charge in [-0.15, -0.1) is 0 Å². The summed E-state index contributed by atoms with van der Waals surface area (Å²) in [6, 6.07) is 8.71. The van der Waals surface area contributed by atoms with Crippen molar-refractivity contribution in [1.29, 1.82) is 0 Å². The molecule has 1 fully saturated rings. The van der Waals surface area contributed by atoms with E-state index in [-0.39, 0.29) is 0 Å². The second kappa shape index (κ2) is 5.72. The van der Waals surface area contributed by atoms with Crippen molar-refractivity contribution in [2.75, 3.05) is 0 Å². The molecule has 1 amide bonds. The Morgan fingerprint density at radius 1 is 1.27 bits per heavy atom. The molecule has 2 atom stereocenters. The van der Waals surface area contributed by atoms with Gasteiger partial charge in [0.1, 0.15) is 29.8 Å². The quantitative estimate of drug-likeness (QED) is 0.787. The highest BCUT2D eigenvalue weighted by atomic mass is 16.6. The first kappa shape index (κ1) is 16.5. The second-order valence-corrected chi connectivity index (χ2v) is 6.87. The number of amides is 1. The first-order chi connectivity index (χ1) is 10.2. The van der Waals surface area contributed by atoms with Gasteiger partial charge in [0.25, 0.3) is 0 Å². The number of rotatable bonds is 2. The topological polar surface area (TPSA) is 55.8 Å². The maximum atomic E-state index is 12.5. The monoisotopic (exact) mass is 305 g/mol. The van der Waals surface area contributed by atoms with Crippen molar-refractivity contribution in [3.63, 3.8) is 0 Å². The minimum absolute atomic E-state index is 0.499. The van der Waals surface area contributed by atoms with Crippen LogP contribution in [-0.4, -0.2) is 34.6 Å². The van der Waals surface area contributed by atoms with Gasteiger partial charge in [-0.3, -0.25) is 4.90 Å². The SMILES string of the molecule is CC(C)(C)OC(=O)N1C(C=O)[C@@H](c2ccccc2)OC1(C)C. The Labute approximate surface area is 131 Å². The number of carbonyl (C=O) groups excluding carboxylic acids is 2. The second-order valence-electron chi connectivity index (χ2n) is 6.87. The largest absolute Gasteiger partial charge is 0.444 e. The molecular formula is C17H23NO4. The molecule has 22 heavy (non-hydrogen) atoms. The van der Waals surface area contributed by atoms with E-state index in [0.29, 0.717) is 0 Å². The van der Waals surface area contributed by atoms with Gasteiger partial charge in [0, 0.05) is 0 Å². The molecule has 0 aliphatic carbocycles. The van der Waals surface area contributed by atoms with E-state index in [1.54, 1.807) is 34.6 Å². The zero-order chi connectivity index (χ0) is 16.5. The molecule has 1 aliphatic rings. The summed E-state index contributed by atoms with van der Waals surface area (Å²) in [6.45, 7) is 8.89. The molecule has 0 saturated carbocycles. The van der Waals surface area contributed by atoms with Gasteiger partial charge in [0.2, 0.25) is 0 Å². The highest BCUT2D eigenvalue weighted by Crippen LogP contribution is 2.40. The van der Waals surface area contributed by atoms with Crippen molar-refractivity contribution in [3.05, 3.63) is 35.9 Å². The number of hydrogen-bond donors (Lipinski definition) is 0. The number of carbonyl (C=O) groups is 2. The Balaban J connectivity index is 2.33. The summed E-state index contributed by atoms with van der Waals surface area (Å²) in [5.74, 6) is 0. The van der Waals surface area contributed by atoms with Crippen molar-refractivity contribution in [2.24, 2.45) is 0 Å². The molecule has 2 rings (SSSR count). The van der Waals surface area contributed by atoms with Gasteiger partial charge in [0.15, 0.2) is 0 Å². The van der Waals surface area contributed by atoms with E-state index in [1.165, 1.54) is 4.90 Å². The van der Waals surface area contributed by atoms with E-state index in [1.807, 2.05) is 30.3 Å². The number of benzene rings is 1. The summed E-state index contributed by atoms with van der Waals surface area (Å²) in [5.41, 5.74) is -0.696. The van der Waals surface area contributed by atoms with Gasteiger partial charge in [-0.1, -0.05) is 30.3 Å². The van der Waals surface area contributed by atoms with Crippen molar-refractivity contribution >= 4 is 12.4 Å². The first-order valence-corrected chi connectivity index (χ1v) is 7.36. The summed E-state index contributed by atoms with van der Waals surface area (Å²) >= 11 is 0. The Morgan fingerprint density at radius 2 is 1.86 bits per heavy atom. The lowest BCUT2D eigenvalue weighted by molar-refractivity contribution is -0.113. The molecule has 5 nitrogen and oxygen atoms in total. The van der Waals surface area contributed by atoms with Crippen LogP contribution in [0.25, 0.3) is 0 Å². The maximum Gasteiger partial charge on any atom is 0.413 e. The fourth-order valence-corrected chi connectivity index (χ4v) is 2.62. The molecule has 1 saturated heterocycles. The lowest BCUT2D eigenvalue weighted by Crippen LogP contribution is -2.50. The van der Waals surface area contributed by atoms with E-state index in [9.17, 15) is 9.59 Å². The van der Waals surface area contributed by atoms with Gasteiger partial charge in [0.05, 0.1) is 0 Å². The minimum Gasteiger partial charge on any atom is -0.444 e. The van der Waals surface area contributed by atoms with E-state index >= 15 is 0 Å². The standard InChI is InChI=1S/C17H23NO4/c1-16(2,3)22-15(20)18-13(11-19)14(21-17(18,4)5)12-9-7-6-8-10-12/h6-11,13-14H,1-5H3/t13?,14-/m1/s1. The Morgan fingerprint density at radius 3 is 2.36 bits per heavy atom. The molecule has 0 spiro atoms. The molecule has 1 heterocycles. The summed E-state index contributed by atoms with van der Waals surface area (Å²) in [5, 5.41) is 0. The number of ether oxygens (including phenoxy) is 2. The molecule has 1 aromatic rings. The van der Waals surface area contributed by atoms with Gasteiger partial charge in [-0.25, -0.2) is 4.79 Å². The Kier molecular flexibility index (Phi) is 4.29. The lowest BCUT2D eigenvalue weighted by Gasteiger charge is -2.33. The zero-order valence-electron chi connectivity index (χ0n) is 13.7.